The molecular weight excluding hydrogens is 481 g/mol. The summed E-state index contributed by atoms with van der Waals surface area (Å²) in [5, 5.41) is 3.00. The summed E-state index contributed by atoms with van der Waals surface area (Å²) < 4.78 is 40.2. The van der Waals surface area contributed by atoms with Crippen molar-refractivity contribution in [2.45, 2.75) is 24.1 Å². The maximum atomic E-state index is 14.9. The summed E-state index contributed by atoms with van der Waals surface area (Å²) >= 11 is 5.80. The molecule has 2 aromatic heterocycles. The quantitative estimate of drug-likeness (QED) is 0.563. The molecule has 3 N–H and O–H groups in total. The first-order valence-corrected chi connectivity index (χ1v) is 12.2. The summed E-state index contributed by atoms with van der Waals surface area (Å²) in [5.41, 5.74) is 5.24. The zero-order chi connectivity index (χ0) is 24.7. The van der Waals surface area contributed by atoms with Gasteiger partial charge in [-0.3, -0.25) is 14.8 Å². The Morgan fingerprint density at radius 1 is 1.15 bits per heavy atom. The van der Waals surface area contributed by atoms with Gasteiger partial charge in [0.25, 0.3) is 5.91 Å². The minimum absolute atomic E-state index is 0.0241. The lowest BCUT2D eigenvalue weighted by molar-refractivity contribution is 0.102. The third-order valence-corrected chi connectivity index (χ3v) is 8.70. The molecule has 0 saturated heterocycles. The Balaban J connectivity index is 1.73. The number of pyridine rings is 2. The number of carbonyl (C=O) groups is 1. The van der Waals surface area contributed by atoms with E-state index in [2.05, 4.69) is 20.3 Å². The van der Waals surface area contributed by atoms with Crippen molar-refractivity contribution in [3.8, 4) is 0 Å². The molecule has 0 fully saturated rings. The number of sulfone groups is 1. The predicted octanol–water partition coefficient (Wildman–Crippen LogP) is 3.44. The van der Waals surface area contributed by atoms with Crippen LogP contribution < -0.4 is 11.1 Å². The third kappa shape index (κ3) is 4.03. The van der Waals surface area contributed by atoms with Crippen molar-refractivity contribution in [3.05, 3.63) is 88.7 Å². The molecule has 1 aromatic carbocycles. The van der Waals surface area contributed by atoms with Crippen LogP contribution in [-0.2, 0) is 20.1 Å². The normalized spacial score (nSPS) is 23.7. The number of hydrogen-bond donors (Lipinski definition) is 2. The van der Waals surface area contributed by atoms with Crippen molar-refractivity contribution in [3.63, 3.8) is 0 Å². The van der Waals surface area contributed by atoms with Gasteiger partial charge in [-0.1, -0.05) is 17.7 Å². The van der Waals surface area contributed by atoms with Crippen molar-refractivity contribution in [1.29, 1.82) is 0 Å². The van der Waals surface area contributed by atoms with Crippen molar-refractivity contribution in [2.75, 3.05) is 11.1 Å². The van der Waals surface area contributed by atoms with E-state index in [9.17, 15) is 17.6 Å². The minimum atomic E-state index is -3.98. The van der Waals surface area contributed by atoms with Crippen LogP contribution in [0.5, 0.6) is 0 Å². The lowest BCUT2D eigenvalue weighted by Crippen LogP contribution is -2.55. The number of nitrogens with one attached hydrogen (secondary N) is 1. The fraction of sp³-hybridized carbons (Fsp3) is 0.217. The smallest absolute Gasteiger partial charge is 0.274 e. The van der Waals surface area contributed by atoms with E-state index in [1.54, 1.807) is 18.2 Å². The number of nitrogens with zero attached hydrogens (tertiary/aromatic N) is 3. The van der Waals surface area contributed by atoms with Crippen molar-refractivity contribution >= 4 is 38.9 Å². The highest BCUT2D eigenvalue weighted by molar-refractivity contribution is 7.93. The number of aliphatic imine (C=N–C) groups is 1. The Labute approximate surface area is 201 Å². The van der Waals surface area contributed by atoms with Crippen LogP contribution in [0.4, 0.5) is 10.1 Å². The van der Waals surface area contributed by atoms with E-state index in [4.69, 9.17) is 17.3 Å². The van der Waals surface area contributed by atoms with Gasteiger partial charge in [0.2, 0.25) is 0 Å². The number of aromatic nitrogens is 2. The van der Waals surface area contributed by atoms with Gasteiger partial charge in [-0.25, -0.2) is 17.8 Å². The monoisotopic (exact) mass is 501 g/mol. The summed E-state index contributed by atoms with van der Waals surface area (Å²) in [7, 11) is -3.98. The molecule has 0 saturated carbocycles. The highest BCUT2D eigenvalue weighted by Gasteiger charge is 2.54. The number of anilines is 1. The molecule has 0 radical (unpaired) electrons. The van der Waals surface area contributed by atoms with E-state index < -0.39 is 37.6 Å². The molecule has 8 nitrogen and oxygen atoms in total. The topological polar surface area (TPSA) is 127 Å². The highest BCUT2D eigenvalue weighted by Crippen LogP contribution is 2.42. The van der Waals surface area contributed by atoms with E-state index in [0.29, 0.717) is 5.02 Å². The molecule has 0 spiro atoms. The molecule has 3 heterocycles. The van der Waals surface area contributed by atoms with Gasteiger partial charge in [-0.2, -0.15) is 0 Å². The van der Waals surface area contributed by atoms with Gasteiger partial charge in [0.05, 0.1) is 16.5 Å². The standard InChI is InChI=1S/C23H21ClFN5O3S/c1-22(13-34(32,33)23(2,21(26)30-22)19-5-3-4-10-27-19)16-11-15(7-8-17(16)25)29-20(31)18-9-6-14(24)12-28-18/h3-12H,13H2,1-2H3,(H2,26,30)(H,29,31). The number of amides is 1. The van der Waals surface area contributed by atoms with Crippen molar-refractivity contribution in [2.24, 2.45) is 10.7 Å². The third-order valence-electron chi connectivity index (χ3n) is 5.87. The van der Waals surface area contributed by atoms with Crippen molar-refractivity contribution in [1.82, 2.24) is 9.97 Å². The van der Waals surface area contributed by atoms with E-state index >= 15 is 0 Å². The lowest BCUT2D eigenvalue weighted by Gasteiger charge is -2.39. The SMILES string of the molecule is CC1(c2cc(NC(=O)c3ccc(Cl)cn3)ccc2F)CS(=O)(=O)C(C)(c2ccccn2)C(N)=N1. The van der Waals surface area contributed by atoms with Crippen LogP contribution in [0, 0.1) is 5.82 Å². The number of halogens is 2. The maximum Gasteiger partial charge on any atom is 0.274 e. The van der Waals surface area contributed by atoms with Crippen LogP contribution >= 0.6 is 11.6 Å². The fourth-order valence-electron chi connectivity index (χ4n) is 3.87. The van der Waals surface area contributed by atoms with Gasteiger partial charge in [-0.15, -0.1) is 0 Å². The summed E-state index contributed by atoms with van der Waals surface area (Å²) in [6, 6.07) is 11.7. The Morgan fingerprint density at radius 2 is 1.91 bits per heavy atom. The molecule has 34 heavy (non-hydrogen) atoms. The highest BCUT2D eigenvalue weighted by atomic mass is 35.5. The summed E-state index contributed by atoms with van der Waals surface area (Å²) in [6.07, 6.45) is 2.80. The zero-order valence-corrected chi connectivity index (χ0v) is 19.9. The first-order chi connectivity index (χ1) is 16.0. The fourth-order valence-corrected chi connectivity index (χ4v) is 6.04. The summed E-state index contributed by atoms with van der Waals surface area (Å²) in [4.78, 5) is 25.1. The van der Waals surface area contributed by atoms with Gasteiger partial charge < -0.3 is 11.1 Å². The molecule has 176 valence electrons. The molecule has 1 aliphatic heterocycles. The summed E-state index contributed by atoms with van der Waals surface area (Å²) in [5.74, 6) is -1.93. The second-order valence-electron chi connectivity index (χ2n) is 8.29. The lowest BCUT2D eigenvalue weighted by atomic mass is 9.92. The van der Waals surface area contributed by atoms with Crippen LogP contribution in [0.3, 0.4) is 0 Å². The van der Waals surface area contributed by atoms with E-state index in [1.165, 1.54) is 50.5 Å². The predicted molar refractivity (Wildman–Crippen MR) is 128 cm³/mol. The van der Waals surface area contributed by atoms with Gasteiger partial charge in [0.1, 0.15) is 22.9 Å². The van der Waals surface area contributed by atoms with Gasteiger partial charge >= 0.3 is 0 Å². The Bertz CT molecular complexity index is 1400. The molecule has 2 unspecified atom stereocenters. The summed E-state index contributed by atoms with van der Waals surface area (Å²) in [6.45, 7) is 2.93. The van der Waals surface area contributed by atoms with Gasteiger partial charge in [0.15, 0.2) is 14.6 Å². The number of hydrogen-bond acceptors (Lipinski definition) is 7. The van der Waals surface area contributed by atoms with Crippen molar-refractivity contribution < 1.29 is 17.6 Å². The van der Waals surface area contributed by atoms with E-state index in [0.717, 1.165) is 6.07 Å². The second-order valence-corrected chi connectivity index (χ2v) is 11.1. The number of carbonyl (C=O) groups excluding carboxylic acids is 1. The van der Waals surface area contributed by atoms with E-state index in [-0.39, 0.29) is 28.5 Å². The average molecular weight is 502 g/mol. The molecule has 1 amide bonds. The number of nitrogens with two attached hydrogens (primary N) is 1. The Morgan fingerprint density at radius 3 is 2.53 bits per heavy atom. The molecule has 0 bridgehead atoms. The molecule has 3 aromatic rings. The molecule has 2 atom stereocenters. The van der Waals surface area contributed by atoms with Crippen LogP contribution in [0.15, 0.2) is 65.9 Å². The van der Waals surface area contributed by atoms with Crippen LogP contribution in [0.2, 0.25) is 5.02 Å². The average Bonchev–Trinajstić information content (AvgIpc) is 2.79. The number of benzene rings is 1. The van der Waals surface area contributed by atoms with Crippen LogP contribution in [0.25, 0.3) is 0 Å². The zero-order valence-electron chi connectivity index (χ0n) is 18.3. The molecule has 4 rings (SSSR count). The molecule has 0 aliphatic carbocycles. The molecular formula is C23H21ClFN5O3S. The van der Waals surface area contributed by atoms with Gasteiger partial charge in [0, 0.05) is 23.6 Å². The first kappa shape index (κ1) is 23.8. The Hall–Kier alpha value is -3.37. The van der Waals surface area contributed by atoms with E-state index in [1.807, 2.05) is 0 Å². The van der Waals surface area contributed by atoms with Crippen LogP contribution in [-0.4, -0.2) is 35.9 Å². The molecule has 11 heteroatoms. The number of amidine groups is 1. The van der Waals surface area contributed by atoms with Gasteiger partial charge in [-0.05, 0) is 56.3 Å². The first-order valence-electron chi connectivity index (χ1n) is 10.2. The molecule has 1 aliphatic rings. The second kappa shape index (κ2) is 8.44. The Kier molecular flexibility index (Phi) is 5.91. The van der Waals surface area contributed by atoms with Crippen LogP contribution in [0.1, 0.15) is 35.6 Å². The largest absolute Gasteiger partial charge is 0.386 e. The minimum Gasteiger partial charge on any atom is -0.386 e. The maximum absolute atomic E-state index is 14.9. The number of rotatable bonds is 4.